The summed E-state index contributed by atoms with van der Waals surface area (Å²) in [6.45, 7) is 0.0395. The molecule has 10 heteroatoms. The maximum absolute atomic E-state index is 12.2. The van der Waals surface area contributed by atoms with Crippen molar-refractivity contribution in [1.29, 1.82) is 0 Å². The number of hydrogen-bond donors (Lipinski definition) is 2. The Kier molecular flexibility index (Phi) is 2.50. The second kappa shape index (κ2) is 3.90. The number of hydrogen-bond acceptors (Lipinski definition) is 9. The van der Waals surface area contributed by atoms with Gasteiger partial charge in [0.05, 0.1) is 19.4 Å². The molecule has 3 aliphatic heterocycles. The van der Waals surface area contributed by atoms with Gasteiger partial charge in [0.2, 0.25) is 0 Å². The summed E-state index contributed by atoms with van der Waals surface area (Å²) in [7, 11) is 0. The second-order valence-electron chi connectivity index (χ2n) is 4.66. The Balaban J connectivity index is 2.13. The van der Waals surface area contributed by atoms with Crippen molar-refractivity contribution in [2.24, 2.45) is 0 Å². The van der Waals surface area contributed by atoms with Gasteiger partial charge in [0, 0.05) is 6.54 Å². The SMILES string of the molecule is O=C1CC2(O)CC(=O)OC3(NCCN(O1)C3=O)OC2=O. The number of nitrogens with one attached hydrogen (secondary N) is 1. The van der Waals surface area contributed by atoms with Crippen molar-refractivity contribution in [3.05, 3.63) is 0 Å². The van der Waals surface area contributed by atoms with E-state index in [0.29, 0.717) is 5.06 Å². The topological polar surface area (TPSA) is 131 Å². The number of ether oxygens (including phenoxy) is 2. The summed E-state index contributed by atoms with van der Waals surface area (Å²) in [4.78, 5) is 52.2. The fraction of sp³-hybridized carbons (Fsp3) is 0.600. The number of piperazine rings is 1. The standard InChI is InChI=1S/C10H10N2O8/c13-5-3-9(17)4-6(14)20-12-2-1-11-10(18-5,7(12)15)19-8(9)16/h11,17H,1-4H2. The van der Waals surface area contributed by atoms with Crippen LogP contribution in [-0.2, 0) is 33.5 Å². The average Bonchev–Trinajstić information content (AvgIpc) is 2.40. The van der Waals surface area contributed by atoms with E-state index in [9.17, 15) is 24.3 Å². The van der Waals surface area contributed by atoms with E-state index < -0.39 is 48.2 Å². The van der Waals surface area contributed by atoms with E-state index in [0.717, 1.165) is 0 Å². The second-order valence-corrected chi connectivity index (χ2v) is 4.66. The first-order valence-electron chi connectivity index (χ1n) is 5.80. The van der Waals surface area contributed by atoms with Crippen molar-refractivity contribution in [3.8, 4) is 0 Å². The molecule has 3 aliphatic rings. The number of amides is 1. The smallest absolute Gasteiger partial charge is 0.400 e. The van der Waals surface area contributed by atoms with Crippen LogP contribution in [0.15, 0.2) is 0 Å². The van der Waals surface area contributed by atoms with Crippen molar-refractivity contribution in [2.45, 2.75) is 24.4 Å². The molecular formula is C10H10N2O8. The van der Waals surface area contributed by atoms with E-state index in [4.69, 9.17) is 14.3 Å². The zero-order valence-corrected chi connectivity index (χ0v) is 10.1. The van der Waals surface area contributed by atoms with Gasteiger partial charge in [-0.25, -0.2) is 14.9 Å². The summed E-state index contributed by atoms with van der Waals surface area (Å²) in [6, 6.07) is 0. The summed E-state index contributed by atoms with van der Waals surface area (Å²) >= 11 is 0. The number of rotatable bonds is 0. The van der Waals surface area contributed by atoms with E-state index in [-0.39, 0.29) is 13.1 Å². The number of aliphatic hydroxyl groups is 1. The molecule has 2 N–H and O–H groups in total. The van der Waals surface area contributed by atoms with E-state index in [1.54, 1.807) is 0 Å². The lowest BCUT2D eigenvalue weighted by Crippen LogP contribution is -2.67. The molecule has 0 aromatic heterocycles. The van der Waals surface area contributed by atoms with Gasteiger partial charge in [-0.1, -0.05) is 0 Å². The molecule has 0 aromatic carbocycles. The van der Waals surface area contributed by atoms with Crippen molar-refractivity contribution in [2.75, 3.05) is 13.1 Å². The molecule has 3 saturated heterocycles. The third kappa shape index (κ3) is 1.72. The van der Waals surface area contributed by atoms with Gasteiger partial charge >= 0.3 is 29.7 Å². The lowest BCUT2D eigenvalue weighted by Gasteiger charge is -2.37. The Bertz CT molecular complexity index is 533. The number of carbonyl (C=O) groups is 4. The Labute approximate surface area is 111 Å². The van der Waals surface area contributed by atoms with Crippen LogP contribution >= 0.6 is 0 Å². The van der Waals surface area contributed by atoms with Crippen LogP contribution in [-0.4, -0.2) is 58.6 Å². The number of carbonyl (C=O) groups excluding carboxylic acids is 4. The molecule has 3 fully saturated rings. The normalized spacial score (nSPS) is 37.1. The minimum Gasteiger partial charge on any atom is -0.400 e. The van der Waals surface area contributed by atoms with Crippen molar-refractivity contribution < 1.29 is 38.6 Å². The van der Waals surface area contributed by atoms with Gasteiger partial charge < -0.3 is 19.4 Å². The van der Waals surface area contributed by atoms with Crippen LogP contribution in [0.3, 0.4) is 0 Å². The molecule has 1 spiro atoms. The van der Waals surface area contributed by atoms with Gasteiger partial charge in [0.1, 0.15) is 0 Å². The highest BCUT2D eigenvalue weighted by Gasteiger charge is 2.61. The van der Waals surface area contributed by atoms with Gasteiger partial charge in [0.25, 0.3) is 0 Å². The van der Waals surface area contributed by atoms with Crippen LogP contribution in [0.1, 0.15) is 12.8 Å². The molecule has 2 unspecified atom stereocenters. The van der Waals surface area contributed by atoms with Gasteiger partial charge in [-0.3, -0.25) is 9.59 Å². The first kappa shape index (κ1) is 12.8. The Hall–Kier alpha value is -2.20. The summed E-state index contributed by atoms with van der Waals surface area (Å²) in [6.07, 6.45) is -1.63. The summed E-state index contributed by atoms with van der Waals surface area (Å²) in [5.74, 6) is -6.82. The minimum atomic E-state index is -2.42. The van der Waals surface area contributed by atoms with E-state index >= 15 is 0 Å². The van der Waals surface area contributed by atoms with Crippen molar-refractivity contribution >= 4 is 23.8 Å². The largest absolute Gasteiger partial charge is 0.405 e. The molecule has 0 aliphatic carbocycles. The van der Waals surface area contributed by atoms with Gasteiger partial charge in [0.15, 0.2) is 5.60 Å². The number of nitrogens with zero attached hydrogens (tertiary/aromatic N) is 1. The van der Waals surface area contributed by atoms with E-state index in [1.807, 2.05) is 0 Å². The molecule has 1 amide bonds. The lowest BCUT2D eigenvalue weighted by atomic mass is 9.96. The van der Waals surface area contributed by atoms with Crippen molar-refractivity contribution in [3.63, 3.8) is 0 Å². The fourth-order valence-electron chi connectivity index (χ4n) is 2.19. The van der Waals surface area contributed by atoms with Crippen LogP contribution in [0.4, 0.5) is 0 Å². The Morgan fingerprint density at radius 3 is 2.55 bits per heavy atom. The van der Waals surface area contributed by atoms with Crippen LogP contribution in [0.5, 0.6) is 0 Å². The first-order valence-corrected chi connectivity index (χ1v) is 5.80. The predicted molar refractivity (Wildman–Crippen MR) is 54.9 cm³/mol. The number of fused-ring (bicyclic) bond motifs is 3. The van der Waals surface area contributed by atoms with E-state index in [1.165, 1.54) is 0 Å². The first-order chi connectivity index (χ1) is 9.35. The van der Waals surface area contributed by atoms with Gasteiger partial charge in [-0.15, -0.1) is 0 Å². The van der Waals surface area contributed by atoms with Crippen LogP contribution in [0.2, 0.25) is 0 Å². The zero-order valence-electron chi connectivity index (χ0n) is 10.1. The monoisotopic (exact) mass is 286 g/mol. The third-order valence-corrected chi connectivity index (χ3v) is 3.14. The Morgan fingerprint density at radius 1 is 1.10 bits per heavy atom. The Morgan fingerprint density at radius 2 is 1.80 bits per heavy atom. The van der Waals surface area contributed by atoms with Crippen LogP contribution in [0.25, 0.3) is 0 Å². The highest BCUT2D eigenvalue weighted by Crippen LogP contribution is 2.31. The van der Waals surface area contributed by atoms with Crippen LogP contribution in [0, 0.1) is 0 Å². The number of esters is 2. The third-order valence-electron chi connectivity index (χ3n) is 3.14. The maximum Gasteiger partial charge on any atom is 0.405 e. The van der Waals surface area contributed by atoms with Crippen LogP contribution < -0.4 is 5.32 Å². The molecule has 20 heavy (non-hydrogen) atoms. The molecule has 0 radical (unpaired) electrons. The van der Waals surface area contributed by atoms with Gasteiger partial charge in [-0.05, 0) is 0 Å². The molecule has 2 atom stereocenters. The highest BCUT2D eigenvalue weighted by molar-refractivity contribution is 5.97. The molecular weight excluding hydrogens is 276 g/mol. The molecule has 3 rings (SSSR count). The molecule has 0 aromatic rings. The molecule has 3 bridgehead atoms. The van der Waals surface area contributed by atoms with Gasteiger partial charge in [-0.2, -0.15) is 5.06 Å². The lowest BCUT2D eigenvalue weighted by molar-refractivity contribution is -0.264. The minimum absolute atomic E-state index is 0.0140. The molecule has 0 saturated carbocycles. The fourth-order valence-corrected chi connectivity index (χ4v) is 2.19. The summed E-state index contributed by atoms with van der Waals surface area (Å²) in [5.41, 5.74) is -2.42. The predicted octanol–water partition coefficient (Wildman–Crippen LogP) is -2.84. The quantitative estimate of drug-likeness (QED) is 0.452. The number of hydroxylamine groups is 2. The molecule has 10 nitrogen and oxygen atoms in total. The van der Waals surface area contributed by atoms with E-state index in [2.05, 4.69) is 5.32 Å². The molecule has 108 valence electrons. The summed E-state index contributed by atoms with van der Waals surface area (Å²) in [5, 5.41) is 13.2. The van der Waals surface area contributed by atoms with Crippen molar-refractivity contribution in [1.82, 2.24) is 10.4 Å². The zero-order chi connectivity index (χ0) is 14.5. The highest BCUT2D eigenvalue weighted by atomic mass is 16.8. The maximum atomic E-state index is 12.2. The average molecular weight is 286 g/mol. The molecule has 3 heterocycles. The summed E-state index contributed by atoms with van der Waals surface area (Å²) < 4.78 is 9.64.